The van der Waals surface area contributed by atoms with Crippen LogP contribution >= 0.6 is 23.2 Å². The summed E-state index contributed by atoms with van der Waals surface area (Å²) in [7, 11) is 0.697. The van der Waals surface area contributed by atoms with Crippen LogP contribution in [-0.4, -0.2) is 23.7 Å². The van der Waals surface area contributed by atoms with Gasteiger partial charge in [-0.2, -0.15) is 0 Å². The number of hydrogen-bond acceptors (Lipinski definition) is 2. The van der Waals surface area contributed by atoms with Gasteiger partial charge < -0.3 is 4.74 Å². The standard InChI is InChI=1S/C12H16Cl2O2S/c1-16-7-3-2-4-8-17(15)10-5-6-11(13)12(14)9-10/h5-6,9H,2-4,7-8H2,1H3. The first kappa shape index (κ1) is 15.0. The van der Waals surface area contributed by atoms with E-state index < -0.39 is 10.8 Å². The highest BCUT2D eigenvalue weighted by atomic mass is 35.5. The van der Waals surface area contributed by atoms with Gasteiger partial charge in [0, 0.05) is 24.4 Å². The molecule has 0 fully saturated rings. The second-order valence-corrected chi connectivity index (χ2v) is 6.06. The summed E-state index contributed by atoms with van der Waals surface area (Å²) >= 11 is 11.7. The molecule has 1 rings (SSSR count). The van der Waals surface area contributed by atoms with E-state index in [9.17, 15) is 4.21 Å². The first-order valence-corrected chi connectivity index (χ1v) is 7.55. The fraction of sp³-hybridized carbons (Fsp3) is 0.500. The van der Waals surface area contributed by atoms with Gasteiger partial charge in [0.2, 0.25) is 0 Å². The van der Waals surface area contributed by atoms with Gasteiger partial charge in [-0.25, -0.2) is 0 Å². The van der Waals surface area contributed by atoms with Crippen molar-refractivity contribution in [1.29, 1.82) is 0 Å². The summed E-state index contributed by atoms with van der Waals surface area (Å²) < 4.78 is 16.9. The molecular formula is C12H16Cl2O2S. The number of benzene rings is 1. The molecule has 0 spiro atoms. The zero-order valence-electron chi connectivity index (χ0n) is 9.75. The molecule has 0 saturated heterocycles. The smallest absolute Gasteiger partial charge is 0.0604 e. The lowest BCUT2D eigenvalue weighted by Crippen LogP contribution is -1.99. The molecule has 0 radical (unpaired) electrons. The molecule has 1 aromatic carbocycles. The SMILES string of the molecule is COCCCCCS(=O)c1ccc(Cl)c(Cl)c1. The predicted octanol–water partition coefficient (Wildman–Crippen LogP) is 3.92. The van der Waals surface area contributed by atoms with Crippen molar-refractivity contribution in [3.05, 3.63) is 28.2 Å². The predicted molar refractivity (Wildman–Crippen MR) is 73.5 cm³/mol. The molecule has 0 aliphatic carbocycles. The Labute approximate surface area is 115 Å². The highest BCUT2D eigenvalue weighted by molar-refractivity contribution is 7.85. The fourth-order valence-corrected chi connectivity index (χ4v) is 2.93. The zero-order valence-corrected chi connectivity index (χ0v) is 12.1. The number of unbranched alkanes of at least 4 members (excludes halogenated alkanes) is 2. The quantitative estimate of drug-likeness (QED) is 0.713. The van der Waals surface area contributed by atoms with Crippen LogP contribution in [0.25, 0.3) is 0 Å². The molecule has 96 valence electrons. The van der Waals surface area contributed by atoms with Crippen molar-refractivity contribution in [2.75, 3.05) is 19.5 Å². The Morgan fingerprint density at radius 3 is 2.59 bits per heavy atom. The number of rotatable bonds is 7. The van der Waals surface area contributed by atoms with Crippen molar-refractivity contribution in [3.8, 4) is 0 Å². The van der Waals surface area contributed by atoms with Gasteiger partial charge in [0.05, 0.1) is 20.8 Å². The van der Waals surface area contributed by atoms with Gasteiger partial charge in [-0.1, -0.05) is 29.6 Å². The van der Waals surface area contributed by atoms with Crippen molar-refractivity contribution in [2.24, 2.45) is 0 Å². The third-order valence-electron chi connectivity index (χ3n) is 2.33. The average molecular weight is 295 g/mol. The first-order chi connectivity index (χ1) is 8.15. The lowest BCUT2D eigenvalue weighted by Gasteiger charge is -2.04. The van der Waals surface area contributed by atoms with Gasteiger partial charge in [0.1, 0.15) is 0 Å². The summed E-state index contributed by atoms with van der Waals surface area (Å²) in [5.74, 6) is 0.654. The minimum Gasteiger partial charge on any atom is -0.385 e. The molecule has 1 unspecified atom stereocenters. The number of methoxy groups -OCH3 is 1. The maximum Gasteiger partial charge on any atom is 0.0604 e. The molecule has 1 aromatic rings. The minimum atomic E-state index is -0.991. The van der Waals surface area contributed by atoms with Crippen molar-refractivity contribution >= 4 is 34.0 Å². The first-order valence-electron chi connectivity index (χ1n) is 5.47. The van der Waals surface area contributed by atoms with Crippen molar-refractivity contribution in [1.82, 2.24) is 0 Å². The molecule has 0 amide bonds. The van der Waals surface area contributed by atoms with Gasteiger partial charge in [-0.15, -0.1) is 0 Å². The van der Waals surface area contributed by atoms with Gasteiger partial charge in [0.25, 0.3) is 0 Å². The summed E-state index contributed by atoms with van der Waals surface area (Å²) in [4.78, 5) is 0.742. The van der Waals surface area contributed by atoms with Crippen LogP contribution in [0, 0.1) is 0 Å². The maximum absolute atomic E-state index is 11.9. The Hall–Kier alpha value is -0.0900. The average Bonchev–Trinajstić information content (AvgIpc) is 2.32. The molecule has 17 heavy (non-hydrogen) atoms. The van der Waals surface area contributed by atoms with Gasteiger partial charge in [0.15, 0.2) is 0 Å². The number of ether oxygens (including phenoxy) is 1. The maximum atomic E-state index is 11.9. The van der Waals surface area contributed by atoms with Crippen LogP contribution < -0.4 is 0 Å². The van der Waals surface area contributed by atoms with Crippen LogP contribution in [0.2, 0.25) is 10.0 Å². The van der Waals surface area contributed by atoms with Gasteiger partial charge in [-0.05, 0) is 31.0 Å². The molecule has 0 bridgehead atoms. The van der Waals surface area contributed by atoms with E-state index in [1.54, 1.807) is 25.3 Å². The lowest BCUT2D eigenvalue weighted by atomic mass is 10.3. The lowest BCUT2D eigenvalue weighted by molar-refractivity contribution is 0.192. The normalized spacial score (nSPS) is 12.6. The van der Waals surface area contributed by atoms with Crippen LogP contribution in [0.1, 0.15) is 19.3 Å². The molecule has 0 aliphatic heterocycles. The summed E-state index contributed by atoms with van der Waals surface area (Å²) in [5.41, 5.74) is 0. The van der Waals surface area contributed by atoms with Crippen molar-refractivity contribution < 1.29 is 8.95 Å². The van der Waals surface area contributed by atoms with Gasteiger partial charge in [-0.3, -0.25) is 4.21 Å². The van der Waals surface area contributed by atoms with Gasteiger partial charge >= 0.3 is 0 Å². The molecule has 5 heteroatoms. The molecule has 0 saturated carbocycles. The molecular weight excluding hydrogens is 279 g/mol. The third-order valence-corrected chi connectivity index (χ3v) is 4.51. The second-order valence-electron chi connectivity index (χ2n) is 3.68. The van der Waals surface area contributed by atoms with Crippen molar-refractivity contribution in [3.63, 3.8) is 0 Å². The van der Waals surface area contributed by atoms with Crippen LogP contribution in [0.4, 0.5) is 0 Å². The van der Waals surface area contributed by atoms with E-state index in [0.29, 0.717) is 15.8 Å². The topological polar surface area (TPSA) is 26.3 Å². The molecule has 0 heterocycles. The minimum absolute atomic E-state index is 0.455. The van der Waals surface area contributed by atoms with E-state index in [-0.39, 0.29) is 0 Å². The third kappa shape index (κ3) is 5.38. The van der Waals surface area contributed by atoms with E-state index in [4.69, 9.17) is 27.9 Å². The van der Waals surface area contributed by atoms with E-state index >= 15 is 0 Å². The van der Waals surface area contributed by atoms with Crippen LogP contribution in [0.3, 0.4) is 0 Å². The van der Waals surface area contributed by atoms with E-state index in [1.165, 1.54) is 0 Å². The summed E-state index contributed by atoms with van der Waals surface area (Å²) in [6, 6.07) is 5.12. The van der Waals surface area contributed by atoms with Crippen LogP contribution in [-0.2, 0) is 15.5 Å². The summed E-state index contributed by atoms with van der Waals surface area (Å²) in [5, 5.41) is 0.949. The Kier molecular flexibility index (Phi) is 7.12. The van der Waals surface area contributed by atoms with E-state index in [0.717, 1.165) is 30.8 Å². The molecule has 0 aromatic heterocycles. The fourth-order valence-electron chi connectivity index (χ4n) is 1.39. The molecule has 1 atom stereocenters. The summed E-state index contributed by atoms with van der Waals surface area (Å²) in [6.07, 6.45) is 2.96. The van der Waals surface area contributed by atoms with Crippen molar-refractivity contribution in [2.45, 2.75) is 24.2 Å². The number of hydrogen-bond donors (Lipinski definition) is 0. The molecule has 0 N–H and O–H groups in total. The van der Waals surface area contributed by atoms with E-state index in [1.807, 2.05) is 0 Å². The monoisotopic (exact) mass is 294 g/mol. The number of halogens is 2. The van der Waals surface area contributed by atoms with Crippen LogP contribution in [0.15, 0.2) is 23.1 Å². The van der Waals surface area contributed by atoms with Crippen LogP contribution in [0.5, 0.6) is 0 Å². The highest BCUT2D eigenvalue weighted by Crippen LogP contribution is 2.24. The second kappa shape index (κ2) is 8.09. The summed E-state index contributed by atoms with van der Waals surface area (Å²) in [6.45, 7) is 0.763. The largest absolute Gasteiger partial charge is 0.385 e. The zero-order chi connectivity index (χ0) is 12.7. The highest BCUT2D eigenvalue weighted by Gasteiger charge is 2.06. The Bertz CT molecular complexity index is 383. The Morgan fingerprint density at radius 1 is 1.18 bits per heavy atom. The molecule has 2 nitrogen and oxygen atoms in total. The Morgan fingerprint density at radius 2 is 1.94 bits per heavy atom. The molecule has 0 aliphatic rings. The van der Waals surface area contributed by atoms with E-state index in [2.05, 4.69) is 0 Å². The Balaban J connectivity index is 2.39.